The maximum Gasteiger partial charge on any atom is 0.254 e. The number of alkyl halides is 1. The summed E-state index contributed by atoms with van der Waals surface area (Å²) in [7, 11) is 0. The third kappa shape index (κ3) is 3.18. The Labute approximate surface area is 100 Å². The molecule has 0 aliphatic carbocycles. The van der Waals surface area contributed by atoms with Crippen LogP contribution in [0.25, 0.3) is 0 Å². The van der Waals surface area contributed by atoms with E-state index in [1.165, 1.54) is 0 Å². The van der Waals surface area contributed by atoms with Crippen molar-refractivity contribution in [2.24, 2.45) is 0 Å². The number of nitrogens with zero attached hydrogens (tertiary/aromatic N) is 1. The molecule has 3 nitrogen and oxygen atoms in total. The van der Waals surface area contributed by atoms with Gasteiger partial charge in [0.15, 0.2) is 0 Å². The molecule has 1 heterocycles. The molecule has 0 aromatic carbocycles. The van der Waals surface area contributed by atoms with E-state index < -0.39 is 5.60 Å². The van der Waals surface area contributed by atoms with E-state index in [1.807, 2.05) is 11.8 Å². The predicted octanol–water partition coefficient (Wildman–Crippen LogP) is 2.19. The first-order valence-electron chi connectivity index (χ1n) is 5.63. The molecule has 0 N–H and O–H groups in total. The molecule has 88 valence electrons. The first-order valence-corrected chi connectivity index (χ1v) is 6.75. The van der Waals surface area contributed by atoms with Crippen molar-refractivity contribution in [3.05, 3.63) is 0 Å². The number of ether oxygens (including phenoxy) is 1. The fraction of sp³-hybridized carbons (Fsp3) is 0.909. The van der Waals surface area contributed by atoms with E-state index in [0.29, 0.717) is 0 Å². The average molecular weight is 278 g/mol. The Morgan fingerprint density at radius 3 is 2.73 bits per heavy atom. The van der Waals surface area contributed by atoms with E-state index in [4.69, 9.17) is 4.74 Å². The fourth-order valence-corrected chi connectivity index (χ4v) is 2.40. The van der Waals surface area contributed by atoms with Gasteiger partial charge in [0.2, 0.25) is 0 Å². The van der Waals surface area contributed by atoms with Gasteiger partial charge in [0, 0.05) is 25.0 Å². The molecule has 0 bridgehead atoms. The van der Waals surface area contributed by atoms with Crippen LogP contribution < -0.4 is 0 Å². The van der Waals surface area contributed by atoms with Crippen LogP contribution in [0.4, 0.5) is 0 Å². The SMILES string of the molecule is CCCN(CCBr)C(=O)C1(C)CCCO1. The number of hydrogen-bond donors (Lipinski definition) is 0. The van der Waals surface area contributed by atoms with E-state index in [-0.39, 0.29) is 5.91 Å². The molecule has 1 aliphatic rings. The van der Waals surface area contributed by atoms with Gasteiger partial charge in [-0.05, 0) is 26.2 Å². The summed E-state index contributed by atoms with van der Waals surface area (Å²) in [6, 6.07) is 0. The summed E-state index contributed by atoms with van der Waals surface area (Å²) in [4.78, 5) is 14.1. The molecule has 0 aromatic heterocycles. The second-order valence-corrected chi connectivity index (χ2v) is 4.96. The van der Waals surface area contributed by atoms with Crippen molar-refractivity contribution in [3.8, 4) is 0 Å². The quantitative estimate of drug-likeness (QED) is 0.721. The third-order valence-electron chi connectivity index (χ3n) is 2.81. The lowest BCUT2D eigenvalue weighted by molar-refractivity contribution is -0.150. The number of halogens is 1. The Kier molecular flexibility index (Phi) is 5.06. The van der Waals surface area contributed by atoms with Crippen molar-refractivity contribution in [1.29, 1.82) is 0 Å². The summed E-state index contributed by atoms with van der Waals surface area (Å²) >= 11 is 3.38. The first-order chi connectivity index (χ1) is 7.14. The lowest BCUT2D eigenvalue weighted by Crippen LogP contribution is -2.47. The van der Waals surface area contributed by atoms with Gasteiger partial charge in [-0.2, -0.15) is 0 Å². The van der Waals surface area contributed by atoms with E-state index >= 15 is 0 Å². The van der Waals surface area contributed by atoms with Crippen molar-refractivity contribution in [3.63, 3.8) is 0 Å². The molecular weight excluding hydrogens is 258 g/mol. The molecule has 1 fully saturated rings. The highest BCUT2D eigenvalue weighted by atomic mass is 79.9. The Balaban J connectivity index is 2.61. The molecule has 1 rings (SSSR count). The molecule has 1 unspecified atom stereocenters. The highest BCUT2D eigenvalue weighted by molar-refractivity contribution is 9.09. The standard InChI is InChI=1S/C11H20BrNO2/c1-3-7-13(8-6-12)10(14)11(2)5-4-9-15-11/h3-9H2,1-2H3. The average Bonchev–Trinajstić information content (AvgIpc) is 2.65. The zero-order valence-corrected chi connectivity index (χ0v) is 11.2. The smallest absolute Gasteiger partial charge is 0.254 e. The summed E-state index contributed by atoms with van der Waals surface area (Å²) in [5.41, 5.74) is -0.558. The number of amides is 1. The van der Waals surface area contributed by atoms with Crippen LogP contribution in [0.1, 0.15) is 33.1 Å². The second-order valence-electron chi connectivity index (χ2n) is 4.16. The van der Waals surface area contributed by atoms with Crippen LogP contribution in [-0.2, 0) is 9.53 Å². The maximum absolute atomic E-state index is 12.2. The zero-order valence-electron chi connectivity index (χ0n) is 9.59. The van der Waals surface area contributed by atoms with Gasteiger partial charge < -0.3 is 9.64 Å². The maximum atomic E-state index is 12.2. The number of rotatable bonds is 5. The monoisotopic (exact) mass is 277 g/mol. The lowest BCUT2D eigenvalue weighted by Gasteiger charge is -2.30. The molecule has 4 heteroatoms. The summed E-state index contributed by atoms with van der Waals surface area (Å²) in [6.07, 6.45) is 2.85. The fourth-order valence-electron chi connectivity index (χ4n) is 1.97. The van der Waals surface area contributed by atoms with Gasteiger partial charge >= 0.3 is 0 Å². The molecule has 0 spiro atoms. The largest absolute Gasteiger partial charge is 0.365 e. The summed E-state index contributed by atoms with van der Waals surface area (Å²) in [5, 5.41) is 0.828. The van der Waals surface area contributed by atoms with Crippen LogP contribution in [-0.4, -0.2) is 41.4 Å². The second kappa shape index (κ2) is 5.85. The van der Waals surface area contributed by atoms with Gasteiger partial charge in [0.1, 0.15) is 5.60 Å². The molecule has 1 aliphatic heterocycles. The van der Waals surface area contributed by atoms with Gasteiger partial charge in [-0.25, -0.2) is 0 Å². The minimum Gasteiger partial charge on any atom is -0.365 e. The molecular formula is C11H20BrNO2. The molecule has 15 heavy (non-hydrogen) atoms. The van der Waals surface area contributed by atoms with Crippen molar-refractivity contribution in [1.82, 2.24) is 4.90 Å². The Morgan fingerprint density at radius 2 is 2.27 bits per heavy atom. The van der Waals surface area contributed by atoms with Crippen molar-refractivity contribution in [2.75, 3.05) is 25.0 Å². The third-order valence-corrected chi connectivity index (χ3v) is 3.16. The number of hydrogen-bond acceptors (Lipinski definition) is 2. The normalized spacial score (nSPS) is 25.5. The van der Waals surface area contributed by atoms with Gasteiger partial charge in [-0.3, -0.25) is 4.79 Å². The van der Waals surface area contributed by atoms with Crippen LogP contribution in [0.15, 0.2) is 0 Å². The van der Waals surface area contributed by atoms with Crippen LogP contribution >= 0.6 is 15.9 Å². The molecule has 0 aromatic rings. The van der Waals surface area contributed by atoms with Gasteiger partial charge in [-0.15, -0.1) is 0 Å². The zero-order chi connectivity index (χ0) is 11.3. The molecule has 1 saturated heterocycles. The van der Waals surface area contributed by atoms with E-state index in [0.717, 1.165) is 44.3 Å². The molecule has 0 radical (unpaired) electrons. The topological polar surface area (TPSA) is 29.5 Å². The minimum absolute atomic E-state index is 0.154. The van der Waals surface area contributed by atoms with Crippen molar-refractivity contribution >= 4 is 21.8 Å². The molecule has 0 saturated carbocycles. The van der Waals surface area contributed by atoms with Gasteiger partial charge in [-0.1, -0.05) is 22.9 Å². The van der Waals surface area contributed by atoms with E-state index in [1.54, 1.807) is 0 Å². The summed E-state index contributed by atoms with van der Waals surface area (Å²) < 4.78 is 5.57. The highest BCUT2D eigenvalue weighted by Crippen LogP contribution is 2.27. The highest BCUT2D eigenvalue weighted by Gasteiger charge is 2.40. The summed E-state index contributed by atoms with van der Waals surface area (Å²) in [6.45, 7) is 6.32. The van der Waals surface area contributed by atoms with Crippen LogP contribution in [0, 0.1) is 0 Å². The van der Waals surface area contributed by atoms with Crippen molar-refractivity contribution < 1.29 is 9.53 Å². The summed E-state index contributed by atoms with van der Waals surface area (Å²) in [5.74, 6) is 0.154. The number of carbonyl (C=O) groups excluding carboxylic acids is 1. The Bertz CT molecular complexity index is 209. The van der Waals surface area contributed by atoms with Crippen LogP contribution in [0.3, 0.4) is 0 Å². The predicted molar refractivity (Wildman–Crippen MR) is 64.3 cm³/mol. The minimum atomic E-state index is -0.558. The van der Waals surface area contributed by atoms with Crippen LogP contribution in [0.5, 0.6) is 0 Å². The van der Waals surface area contributed by atoms with E-state index in [2.05, 4.69) is 22.9 Å². The van der Waals surface area contributed by atoms with E-state index in [9.17, 15) is 4.79 Å². The lowest BCUT2D eigenvalue weighted by atomic mass is 10.0. The Hall–Kier alpha value is -0.0900. The Morgan fingerprint density at radius 1 is 1.53 bits per heavy atom. The first kappa shape index (κ1) is 13.0. The van der Waals surface area contributed by atoms with Gasteiger partial charge in [0.25, 0.3) is 5.91 Å². The molecule has 1 amide bonds. The molecule has 1 atom stereocenters. The van der Waals surface area contributed by atoms with Crippen molar-refractivity contribution in [2.45, 2.75) is 38.7 Å². The number of carbonyl (C=O) groups is 1. The van der Waals surface area contributed by atoms with Gasteiger partial charge in [0.05, 0.1) is 0 Å². The van der Waals surface area contributed by atoms with Crippen LogP contribution in [0.2, 0.25) is 0 Å².